The van der Waals surface area contributed by atoms with Crippen LogP contribution in [0.2, 0.25) is 0 Å². The molecule has 0 bridgehead atoms. The topological polar surface area (TPSA) is 54.7 Å². The number of rotatable bonds is 3. The second kappa shape index (κ2) is 5.67. The first-order valence-electron chi connectivity index (χ1n) is 6.69. The fraction of sp³-hybridized carbons (Fsp3) is 0.538. The van der Waals surface area contributed by atoms with Crippen LogP contribution in [0.4, 0.5) is 5.82 Å². The Balaban J connectivity index is 1.80. The lowest BCUT2D eigenvalue weighted by Crippen LogP contribution is -2.47. The van der Waals surface area contributed by atoms with Crippen molar-refractivity contribution in [2.24, 2.45) is 0 Å². The van der Waals surface area contributed by atoms with Gasteiger partial charge in [-0.2, -0.15) is 5.10 Å². The number of nitrogens with one attached hydrogen (secondary N) is 1. The monoisotopic (exact) mass is 339 g/mol. The van der Waals surface area contributed by atoms with Gasteiger partial charge in [0.15, 0.2) is 5.82 Å². The third-order valence-corrected chi connectivity index (χ3v) is 4.19. The van der Waals surface area contributed by atoms with Crippen LogP contribution in [0.1, 0.15) is 6.92 Å². The van der Waals surface area contributed by atoms with E-state index in [1.54, 1.807) is 16.9 Å². The molecular weight excluding hydrogens is 322 g/mol. The zero-order valence-corrected chi connectivity index (χ0v) is 13.2. The highest BCUT2D eigenvalue weighted by Crippen LogP contribution is 2.24. The minimum atomic E-state index is 0.164. The summed E-state index contributed by atoms with van der Waals surface area (Å²) in [4.78, 5) is 6.71. The molecule has 2 aromatic heterocycles. The summed E-state index contributed by atoms with van der Waals surface area (Å²) in [5, 5.41) is 7.71. The standard InChI is InChI=1S/C13H18BrN5O/c1-9(11-8-18(2)5-6-20-11)17-13-12-10(14)7-16-19(12)4-3-15-13/h3-4,7,9,11H,5-6,8H2,1-2H3,(H,15,17). The van der Waals surface area contributed by atoms with Crippen LogP contribution >= 0.6 is 15.9 Å². The van der Waals surface area contributed by atoms with E-state index in [9.17, 15) is 0 Å². The number of likely N-dealkylation sites (N-methyl/N-ethyl adjacent to an activating group) is 1. The van der Waals surface area contributed by atoms with Gasteiger partial charge in [0, 0.05) is 25.5 Å². The molecule has 1 N–H and O–H groups in total. The van der Waals surface area contributed by atoms with Crippen LogP contribution in [0, 0.1) is 0 Å². The molecular formula is C13H18BrN5O. The van der Waals surface area contributed by atoms with Crippen LogP contribution in [-0.4, -0.2) is 58.4 Å². The van der Waals surface area contributed by atoms with Gasteiger partial charge in [-0.1, -0.05) is 0 Å². The van der Waals surface area contributed by atoms with Gasteiger partial charge in [0.25, 0.3) is 0 Å². The molecule has 0 amide bonds. The predicted octanol–water partition coefficient (Wildman–Crippen LogP) is 1.62. The molecule has 1 saturated heterocycles. The lowest BCUT2D eigenvalue weighted by Gasteiger charge is -2.34. The Morgan fingerprint density at radius 2 is 2.40 bits per heavy atom. The molecule has 6 nitrogen and oxygen atoms in total. The molecule has 1 fully saturated rings. The first-order chi connectivity index (χ1) is 9.65. The van der Waals surface area contributed by atoms with Crippen LogP contribution < -0.4 is 5.32 Å². The average Bonchev–Trinajstić information content (AvgIpc) is 2.82. The molecule has 2 atom stereocenters. The number of hydrogen-bond donors (Lipinski definition) is 1. The van der Waals surface area contributed by atoms with Gasteiger partial charge >= 0.3 is 0 Å². The van der Waals surface area contributed by atoms with Crippen molar-refractivity contribution in [1.82, 2.24) is 19.5 Å². The SMILES string of the molecule is CC(Nc1nccn2ncc(Br)c12)C1CN(C)CCO1. The number of ether oxygens (including phenoxy) is 1. The Morgan fingerprint density at radius 3 is 3.20 bits per heavy atom. The van der Waals surface area contributed by atoms with E-state index in [2.05, 4.69) is 50.2 Å². The number of hydrogen-bond acceptors (Lipinski definition) is 5. The van der Waals surface area contributed by atoms with E-state index in [1.165, 1.54) is 0 Å². The van der Waals surface area contributed by atoms with Crippen molar-refractivity contribution >= 4 is 27.3 Å². The lowest BCUT2D eigenvalue weighted by atomic mass is 10.1. The van der Waals surface area contributed by atoms with Crippen LogP contribution in [0.15, 0.2) is 23.1 Å². The first-order valence-corrected chi connectivity index (χ1v) is 7.49. The first kappa shape index (κ1) is 13.8. The predicted molar refractivity (Wildman–Crippen MR) is 81.0 cm³/mol. The van der Waals surface area contributed by atoms with Gasteiger partial charge in [-0.05, 0) is 29.9 Å². The number of nitrogens with zero attached hydrogens (tertiary/aromatic N) is 4. The highest BCUT2D eigenvalue weighted by atomic mass is 79.9. The van der Waals surface area contributed by atoms with E-state index in [0.717, 1.165) is 35.5 Å². The van der Waals surface area contributed by atoms with Gasteiger partial charge in [-0.15, -0.1) is 0 Å². The van der Waals surface area contributed by atoms with Gasteiger partial charge in [-0.25, -0.2) is 9.50 Å². The summed E-state index contributed by atoms with van der Waals surface area (Å²) in [6, 6.07) is 0.179. The molecule has 20 heavy (non-hydrogen) atoms. The number of aromatic nitrogens is 3. The zero-order valence-electron chi connectivity index (χ0n) is 11.6. The highest BCUT2D eigenvalue weighted by Gasteiger charge is 2.24. The second-order valence-electron chi connectivity index (χ2n) is 5.17. The Hall–Kier alpha value is -1.18. The summed E-state index contributed by atoms with van der Waals surface area (Å²) in [5.74, 6) is 0.821. The fourth-order valence-corrected chi connectivity index (χ4v) is 2.90. The summed E-state index contributed by atoms with van der Waals surface area (Å²) >= 11 is 3.51. The quantitative estimate of drug-likeness (QED) is 0.920. The fourth-order valence-electron chi connectivity index (χ4n) is 2.44. The lowest BCUT2D eigenvalue weighted by molar-refractivity contribution is -0.0259. The summed E-state index contributed by atoms with van der Waals surface area (Å²) in [6.45, 7) is 4.82. The van der Waals surface area contributed by atoms with E-state index >= 15 is 0 Å². The van der Waals surface area contributed by atoms with Gasteiger partial charge in [-0.3, -0.25) is 0 Å². The summed E-state index contributed by atoms with van der Waals surface area (Å²) in [6.07, 6.45) is 5.52. The third kappa shape index (κ3) is 2.65. The van der Waals surface area contributed by atoms with E-state index in [4.69, 9.17) is 4.74 Å². The van der Waals surface area contributed by atoms with Crippen LogP contribution in [-0.2, 0) is 4.74 Å². The Bertz CT molecular complexity index is 601. The largest absolute Gasteiger partial charge is 0.373 e. The number of fused-ring (bicyclic) bond motifs is 1. The Morgan fingerprint density at radius 1 is 1.55 bits per heavy atom. The minimum absolute atomic E-state index is 0.164. The number of anilines is 1. The molecule has 108 valence electrons. The van der Waals surface area contributed by atoms with Crippen molar-refractivity contribution in [3.63, 3.8) is 0 Å². The highest BCUT2D eigenvalue weighted by molar-refractivity contribution is 9.10. The van der Waals surface area contributed by atoms with Crippen molar-refractivity contribution in [2.45, 2.75) is 19.1 Å². The number of halogens is 1. The van der Waals surface area contributed by atoms with Gasteiger partial charge in [0.2, 0.25) is 0 Å². The van der Waals surface area contributed by atoms with Crippen molar-refractivity contribution in [3.05, 3.63) is 23.1 Å². The van der Waals surface area contributed by atoms with Gasteiger partial charge in [0.05, 0.1) is 29.4 Å². The Kier molecular flexibility index (Phi) is 3.91. The Labute approximate surface area is 126 Å². The van der Waals surface area contributed by atoms with E-state index < -0.39 is 0 Å². The normalized spacial score (nSPS) is 22.1. The van der Waals surface area contributed by atoms with Crippen molar-refractivity contribution in [2.75, 3.05) is 32.1 Å². The molecule has 7 heteroatoms. The summed E-state index contributed by atoms with van der Waals surface area (Å²) in [7, 11) is 2.12. The van der Waals surface area contributed by atoms with Crippen molar-refractivity contribution < 1.29 is 4.74 Å². The maximum atomic E-state index is 5.84. The summed E-state index contributed by atoms with van der Waals surface area (Å²) in [5.41, 5.74) is 0.948. The van der Waals surface area contributed by atoms with Crippen LogP contribution in [0.3, 0.4) is 0 Å². The molecule has 0 aromatic carbocycles. The minimum Gasteiger partial charge on any atom is -0.373 e. The maximum Gasteiger partial charge on any atom is 0.153 e. The molecule has 3 rings (SSSR count). The molecule has 0 spiro atoms. The summed E-state index contributed by atoms with van der Waals surface area (Å²) < 4.78 is 8.58. The van der Waals surface area contributed by atoms with E-state index in [1.807, 2.05) is 6.20 Å². The smallest absolute Gasteiger partial charge is 0.153 e. The molecule has 2 aromatic rings. The molecule has 0 aliphatic carbocycles. The molecule has 3 heterocycles. The molecule has 0 saturated carbocycles. The zero-order chi connectivity index (χ0) is 14.1. The average molecular weight is 340 g/mol. The van der Waals surface area contributed by atoms with Crippen LogP contribution in [0.25, 0.3) is 5.52 Å². The van der Waals surface area contributed by atoms with Gasteiger partial charge < -0.3 is 15.0 Å². The van der Waals surface area contributed by atoms with E-state index in [-0.39, 0.29) is 12.1 Å². The molecule has 0 radical (unpaired) electrons. The van der Waals surface area contributed by atoms with Crippen molar-refractivity contribution in [1.29, 1.82) is 0 Å². The molecule has 1 aliphatic heterocycles. The third-order valence-electron chi connectivity index (χ3n) is 3.61. The number of morpholine rings is 1. The molecule has 2 unspecified atom stereocenters. The van der Waals surface area contributed by atoms with E-state index in [0.29, 0.717) is 0 Å². The van der Waals surface area contributed by atoms with Crippen LogP contribution in [0.5, 0.6) is 0 Å². The second-order valence-corrected chi connectivity index (χ2v) is 6.02. The van der Waals surface area contributed by atoms with Gasteiger partial charge in [0.1, 0.15) is 5.52 Å². The molecule has 1 aliphatic rings. The maximum absolute atomic E-state index is 5.84. The van der Waals surface area contributed by atoms with Crippen molar-refractivity contribution in [3.8, 4) is 0 Å².